The van der Waals surface area contributed by atoms with Crippen molar-refractivity contribution in [2.75, 3.05) is 7.11 Å². The molecule has 0 heterocycles. The zero-order valence-corrected chi connectivity index (χ0v) is 15.9. The number of sulfone groups is 1. The second-order valence-electron chi connectivity index (χ2n) is 6.53. The lowest BCUT2D eigenvalue weighted by atomic mass is 9.92. The van der Waals surface area contributed by atoms with Crippen LogP contribution in [0.4, 0.5) is 0 Å². The predicted octanol–water partition coefficient (Wildman–Crippen LogP) is 2.10. The normalized spacial score (nSPS) is 13.1. The lowest BCUT2D eigenvalue weighted by molar-refractivity contribution is -0.129. The number of carbonyl (C=O) groups excluding carboxylic acids is 1. The summed E-state index contributed by atoms with van der Waals surface area (Å²) in [5.74, 6) is 0.114. The molecule has 0 fully saturated rings. The second-order valence-corrected chi connectivity index (χ2v) is 8.60. The number of rotatable bonds is 7. The minimum absolute atomic E-state index is 0.0507. The molecule has 0 bridgehead atoms. The highest BCUT2D eigenvalue weighted by Gasteiger charge is 2.43. The first-order valence-corrected chi connectivity index (χ1v) is 9.70. The van der Waals surface area contributed by atoms with E-state index in [4.69, 9.17) is 10.5 Å². The summed E-state index contributed by atoms with van der Waals surface area (Å²) in [7, 11) is -2.39. The Labute approximate surface area is 154 Å². The standard InChI is InChI=1S/C19H24N2O4S/c1-19(2,18(22)21-13-14-7-5-4-6-8-14)17(20)26(23,24)16-11-9-15(25-3)10-12-16/h4-12,17H,13,20H2,1-3H3,(H,21,22). The van der Waals surface area contributed by atoms with E-state index in [1.807, 2.05) is 30.3 Å². The zero-order valence-electron chi connectivity index (χ0n) is 15.1. The molecular weight excluding hydrogens is 352 g/mol. The van der Waals surface area contributed by atoms with Crippen molar-refractivity contribution >= 4 is 15.7 Å². The second kappa shape index (κ2) is 7.88. The summed E-state index contributed by atoms with van der Waals surface area (Å²) in [5, 5.41) is 1.37. The van der Waals surface area contributed by atoms with Crippen molar-refractivity contribution in [3.8, 4) is 5.75 Å². The summed E-state index contributed by atoms with van der Waals surface area (Å²) >= 11 is 0. The van der Waals surface area contributed by atoms with Crippen molar-refractivity contribution in [1.82, 2.24) is 5.32 Å². The number of nitrogens with one attached hydrogen (secondary N) is 1. The van der Waals surface area contributed by atoms with Crippen molar-refractivity contribution in [3.05, 3.63) is 60.2 Å². The lowest BCUT2D eigenvalue weighted by Gasteiger charge is -2.30. The van der Waals surface area contributed by atoms with Crippen molar-refractivity contribution in [3.63, 3.8) is 0 Å². The first kappa shape index (κ1) is 19.9. The molecule has 2 aromatic carbocycles. The Hall–Kier alpha value is -2.38. The van der Waals surface area contributed by atoms with Gasteiger partial charge in [0.15, 0.2) is 9.84 Å². The minimum Gasteiger partial charge on any atom is -0.497 e. The third-order valence-corrected chi connectivity index (χ3v) is 6.50. The van der Waals surface area contributed by atoms with Gasteiger partial charge in [-0.25, -0.2) is 8.42 Å². The Kier molecular flexibility index (Phi) is 6.05. The third-order valence-electron chi connectivity index (χ3n) is 4.31. The van der Waals surface area contributed by atoms with Gasteiger partial charge in [-0.2, -0.15) is 0 Å². The van der Waals surface area contributed by atoms with Gasteiger partial charge in [0.2, 0.25) is 5.91 Å². The number of nitrogens with two attached hydrogens (primary N) is 1. The molecular formula is C19H24N2O4S. The van der Waals surface area contributed by atoms with E-state index in [9.17, 15) is 13.2 Å². The van der Waals surface area contributed by atoms with Crippen LogP contribution in [0.3, 0.4) is 0 Å². The summed E-state index contributed by atoms with van der Waals surface area (Å²) in [4.78, 5) is 12.6. The molecule has 7 heteroatoms. The van der Waals surface area contributed by atoms with Crippen molar-refractivity contribution in [2.45, 2.75) is 30.7 Å². The topological polar surface area (TPSA) is 98.5 Å². The van der Waals surface area contributed by atoms with E-state index >= 15 is 0 Å². The van der Waals surface area contributed by atoms with Gasteiger partial charge in [0.25, 0.3) is 0 Å². The number of amides is 1. The molecule has 0 spiro atoms. The van der Waals surface area contributed by atoms with Crippen molar-refractivity contribution in [2.24, 2.45) is 11.1 Å². The fourth-order valence-electron chi connectivity index (χ4n) is 2.44. The molecule has 0 aliphatic heterocycles. The number of methoxy groups -OCH3 is 1. The highest BCUT2D eigenvalue weighted by Crippen LogP contribution is 2.29. The summed E-state index contributed by atoms with van der Waals surface area (Å²) < 4.78 is 30.7. The molecule has 0 aliphatic rings. The molecule has 6 nitrogen and oxygen atoms in total. The predicted molar refractivity (Wildman–Crippen MR) is 100 cm³/mol. The number of hydrogen-bond acceptors (Lipinski definition) is 5. The highest BCUT2D eigenvalue weighted by molar-refractivity contribution is 7.92. The molecule has 0 aliphatic carbocycles. The molecule has 1 unspecified atom stereocenters. The molecule has 3 N–H and O–H groups in total. The van der Waals surface area contributed by atoms with Crippen molar-refractivity contribution in [1.29, 1.82) is 0 Å². The maximum atomic E-state index is 12.8. The number of benzene rings is 2. The van der Waals surface area contributed by atoms with Gasteiger partial charge in [0.05, 0.1) is 17.4 Å². The molecule has 1 amide bonds. The third kappa shape index (κ3) is 4.23. The van der Waals surface area contributed by atoms with Gasteiger partial charge in [-0.1, -0.05) is 30.3 Å². The van der Waals surface area contributed by atoms with Crippen LogP contribution in [0.5, 0.6) is 5.75 Å². The number of ether oxygens (including phenoxy) is 1. The molecule has 0 saturated carbocycles. The summed E-state index contributed by atoms with van der Waals surface area (Å²) in [6, 6.07) is 15.3. The van der Waals surface area contributed by atoms with Crippen LogP contribution in [0.1, 0.15) is 19.4 Å². The molecule has 0 radical (unpaired) electrons. The molecule has 0 saturated heterocycles. The quantitative estimate of drug-likeness (QED) is 0.771. The molecule has 1 atom stereocenters. The van der Waals surface area contributed by atoms with E-state index in [-0.39, 0.29) is 4.90 Å². The smallest absolute Gasteiger partial charge is 0.228 e. The van der Waals surface area contributed by atoms with E-state index in [0.717, 1.165) is 5.56 Å². The first-order chi connectivity index (χ1) is 12.2. The Balaban J connectivity index is 2.15. The van der Waals surface area contributed by atoms with Crippen LogP contribution in [-0.4, -0.2) is 26.8 Å². The molecule has 0 aromatic heterocycles. The largest absolute Gasteiger partial charge is 0.497 e. The van der Waals surface area contributed by atoms with Crippen molar-refractivity contribution < 1.29 is 17.9 Å². The van der Waals surface area contributed by atoms with E-state index in [2.05, 4.69) is 5.32 Å². The van der Waals surface area contributed by atoms with Crippen LogP contribution in [0.25, 0.3) is 0 Å². The Morgan fingerprint density at radius 3 is 2.23 bits per heavy atom. The summed E-state index contributed by atoms with van der Waals surface area (Å²) in [6.07, 6.45) is 0. The van der Waals surface area contributed by atoms with Crippen LogP contribution < -0.4 is 15.8 Å². The van der Waals surface area contributed by atoms with E-state index in [1.54, 1.807) is 12.1 Å². The Bertz CT molecular complexity index is 847. The molecule has 2 rings (SSSR count). The average Bonchev–Trinajstić information content (AvgIpc) is 2.66. The maximum Gasteiger partial charge on any atom is 0.228 e. The molecule has 2 aromatic rings. The fraction of sp³-hybridized carbons (Fsp3) is 0.316. The van der Waals surface area contributed by atoms with Crippen LogP contribution in [0, 0.1) is 5.41 Å². The first-order valence-electron chi connectivity index (χ1n) is 8.15. The lowest BCUT2D eigenvalue weighted by Crippen LogP contribution is -2.52. The zero-order chi connectivity index (χ0) is 19.4. The molecule has 26 heavy (non-hydrogen) atoms. The minimum atomic E-state index is -3.89. The fourth-order valence-corrected chi connectivity index (χ4v) is 4.13. The SMILES string of the molecule is COc1ccc(S(=O)(=O)C(N)C(C)(C)C(=O)NCc2ccccc2)cc1. The molecule has 140 valence electrons. The summed E-state index contributed by atoms with van der Waals surface area (Å²) in [6.45, 7) is 3.36. The van der Waals surface area contributed by atoms with Gasteiger partial charge in [-0.15, -0.1) is 0 Å². The van der Waals surface area contributed by atoms with Crippen LogP contribution >= 0.6 is 0 Å². The number of hydrogen-bond donors (Lipinski definition) is 2. The van der Waals surface area contributed by atoms with E-state index in [0.29, 0.717) is 12.3 Å². The monoisotopic (exact) mass is 376 g/mol. The van der Waals surface area contributed by atoms with Crippen LogP contribution in [-0.2, 0) is 21.2 Å². The van der Waals surface area contributed by atoms with E-state index in [1.165, 1.54) is 33.1 Å². The number of carbonyl (C=O) groups is 1. The van der Waals surface area contributed by atoms with Gasteiger partial charge < -0.3 is 15.8 Å². The van der Waals surface area contributed by atoms with Gasteiger partial charge >= 0.3 is 0 Å². The van der Waals surface area contributed by atoms with Crippen LogP contribution in [0.2, 0.25) is 0 Å². The highest BCUT2D eigenvalue weighted by atomic mass is 32.2. The van der Waals surface area contributed by atoms with Crippen LogP contribution in [0.15, 0.2) is 59.5 Å². The Morgan fingerprint density at radius 2 is 1.69 bits per heavy atom. The Morgan fingerprint density at radius 1 is 1.12 bits per heavy atom. The van der Waals surface area contributed by atoms with Gasteiger partial charge in [0.1, 0.15) is 11.1 Å². The maximum absolute atomic E-state index is 12.8. The van der Waals surface area contributed by atoms with Gasteiger partial charge in [-0.3, -0.25) is 4.79 Å². The average molecular weight is 376 g/mol. The van der Waals surface area contributed by atoms with Gasteiger partial charge in [-0.05, 0) is 43.7 Å². The van der Waals surface area contributed by atoms with Gasteiger partial charge in [0, 0.05) is 6.54 Å². The van der Waals surface area contributed by atoms with E-state index < -0.39 is 26.5 Å². The summed E-state index contributed by atoms with van der Waals surface area (Å²) in [5.41, 5.74) is 5.63.